The van der Waals surface area contributed by atoms with Gasteiger partial charge in [-0.15, -0.1) is 24.8 Å². The normalized spacial score (nSPS) is 11.1. The number of hydrogen-bond acceptors (Lipinski definition) is 8. The van der Waals surface area contributed by atoms with Crippen molar-refractivity contribution in [1.29, 1.82) is 0 Å². The summed E-state index contributed by atoms with van der Waals surface area (Å²) in [5.41, 5.74) is 2.71. The van der Waals surface area contributed by atoms with Gasteiger partial charge in [-0.05, 0) is 61.3 Å². The zero-order valence-electron chi connectivity index (χ0n) is 22.4. The second-order valence-corrected chi connectivity index (χ2v) is 8.78. The molecule has 0 aliphatic carbocycles. The maximum absolute atomic E-state index is 11.0. The maximum atomic E-state index is 11.0. The van der Waals surface area contributed by atoms with E-state index in [1.54, 1.807) is 12.1 Å². The van der Waals surface area contributed by atoms with Gasteiger partial charge in [-0.2, -0.15) is 0 Å². The third kappa shape index (κ3) is 9.88. The molecule has 2 N–H and O–H groups in total. The molecule has 40 heavy (non-hydrogen) atoms. The second kappa shape index (κ2) is 16.5. The van der Waals surface area contributed by atoms with Crippen molar-refractivity contribution in [2.24, 2.45) is 0 Å². The van der Waals surface area contributed by atoms with E-state index in [1.165, 1.54) is 6.92 Å². The number of para-hydroxylation sites is 1. The maximum Gasteiger partial charge on any atom is 0.352 e. The van der Waals surface area contributed by atoms with Gasteiger partial charge in [-0.25, -0.2) is 4.79 Å². The van der Waals surface area contributed by atoms with Crippen LogP contribution in [0.5, 0.6) is 23.0 Å². The SMILES string of the molecule is CCc1cc(Oc2ccc(CCNC[C@H](O)COc3ccccc3)cc2)c2ccc(OOC(C)=O)cc2n1.Cl.Cl. The molecule has 0 unspecified atom stereocenters. The molecule has 0 saturated heterocycles. The standard InChI is InChI=1S/C30H32N2O6.2ClH/c1-3-23-17-30(28-14-13-27(18-29(28)32-23)38-37-21(2)33)36-26-11-9-22(10-12-26)15-16-31-19-24(34)20-35-25-7-5-4-6-8-25;;/h4-14,17-18,24,31,34H,3,15-16,19-20H2,1-2H3;2*1H/t24-;;/m0../s1. The number of hydrogen-bond donors (Lipinski definition) is 2. The Morgan fingerprint density at radius 2 is 1.68 bits per heavy atom. The zero-order valence-corrected chi connectivity index (χ0v) is 24.0. The van der Waals surface area contributed by atoms with Gasteiger partial charge in [-0.1, -0.05) is 37.3 Å². The van der Waals surface area contributed by atoms with Gasteiger partial charge in [0.1, 0.15) is 30.0 Å². The summed E-state index contributed by atoms with van der Waals surface area (Å²) in [5, 5.41) is 14.2. The van der Waals surface area contributed by atoms with Crippen LogP contribution in [0.3, 0.4) is 0 Å². The fraction of sp³-hybridized carbons (Fsp3) is 0.267. The first-order chi connectivity index (χ1) is 18.5. The summed E-state index contributed by atoms with van der Waals surface area (Å²) in [6, 6.07) is 24.6. The molecule has 10 heteroatoms. The van der Waals surface area contributed by atoms with Gasteiger partial charge in [-0.3, -0.25) is 14.8 Å². The highest BCUT2D eigenvalue weighted by molar-refractivity contribution is 5.87. The largest absolute Gasteiger partial charge is 0.491 e. The summed E-state index contributed by atoms with van der Waals surface area (Å²) in [6.45, 7) is 4.73. The molecule has 0 radical (unpaired) electrons. The van der Waals surface area contributed by atoms with Crippen LogP contribution in [0, 0.1) is 0 Å². The Balaban J connectivity index is 0.00000280. The van der Waals surface area contributed by atoms with Crippen molar-refractivity contribution in [2.45, 2.75) is 32.8 Å². The van der Waals surface area contributed by atoms with E-state index in [2.05, 4.69) is 15.2 Å². The van der Waals surface area contributed by atoms with Gasteiger partial charge in [0.25, 0.3) is 0 Å². The summed E-state index contributed by atoms with van der Waals surface area (Å²) < 4.78 is 11.8. The van der Waals surface area contributed by atoms with Crippen LogP contribution in [0.1, 0.15) is 25.1 Å². The van der Waals surface area contributed by atoms with Crippen LogP contribution < -0.4 is 19.7 Å². The smallest absolute Gasteiger partial charge is 0.352 e. The molecule has 3 aromatic carbocycles. The van der Waals surface area contributed by atoms with Crippen LogP contribution in [0.25, 0.3) is 10.9 Å². The van der Waals surface area contributed by atoms with E-state index in [-0.39, 0.29) is 31.4 Å². The molecule has 1 heterocycles. The Morgan fingerprint density at radius 3 is 2.38 bits per heavy atom. The summed E-state index contributed by atoms with van der Waals surface area (Å²) >= 11 is 0. The number of nitrogens with zero attached hydrogens (tertiary/aromatic N) is 1. The zero-order chi connectivity index (χ0) is 26.7. The van der Waals surface area contributed by atoms with Crippen LogP contribution in [-0.4, -0.2) is 41.9 Å². The summed E-state index contributed by atoms with van der Waals surface area (Å²) in [5.74, 6) is 2.00. The van der Waals surface area contributed by atoms with Crippen molar-refractivity contribution in [3.8, 4) is 23.0 Å². The molecular weight excluding hydrogens is 555 g/mol. The number of rotatable bonds is 13. The summed E-state index contributed by atoms with van der Waals surface area (Å²) in [4.78, 5) is 25.3. The highest BCUT2D eigenvalue weighted by Gasteiger charge is 2.11. The van der Waals surface area contributed by atoms with E-state index in [9.17, 15) is 9.90 Å². The van der Waals surface area contributed by atoms with E-state index in [0.717, 1.165) is 41.8 Å². The number of carbonyl (C=O) groups excluding carboxylic acids is 1. The third-order valence-corrected chi connectivity index (χ3v) is 5.72. The molecule has 0 bridgehead atoms. The quantitative estimate of drug-likeness (QED) is 0.114. The van der Waals surface area contributed by atoms with Crippen LogP contribution in [0.15, 0.2) is 78.9 Å². The molecule has 0 spiro atoms. The van der Waals surface area contributed by atoms with Crippen molar-refractivity contribution in [1.82, 2.24) is 10.3 Å². The number of aliphatic hydroxyl groups is 1. The lowest BCUT2D eigenvalue weighted by Gasteiger charge is -2.14. The van der Waals surface area contributed by atoms with Gasteiger partial charge < -0.3 is 19.9 Å². The molecular formula is C30H34Cl2N2O6. The molecule has 1 atom stereocenters. The molecule has 214 valence electrons. The van der Waals surface area contributed by atoms with Crippen LogP contribution in [0.2, 0.25) is 0 Å². The number of pyridine rings is 1. The van der Waals surface area contributed by atoms with Crippen LogP contribution >= 0.6 is 24.8 Å². The molecule has 0 fully saturated rings. The fourth-order valence-electron chi connectivity index (χ4n) is 3.77. The molecule has 8 nitrogen and oxygen atoms in total. The lowest BCUT2D eigenvalue weighted by atomic mass is 10.1. The highest BCUT2D eigenvalue weighted by Crippen LogP contribution is 2.32. The van der Waals surface area contributed by atoms with E-state index < -0.39 is 12.1 Å². The van der Waals surface area contributed by atoms with Gasteiger partial charge in [0.2, 0.25) is 0 Å². The number of benzene rings is 3. The predicted octanol–water partition coefficient (Wildman–Crippen LogP) is 5.86. The first kappa shape index (κ1) is 32.7. The average Bonchev–Trinajstić information content (AvgIpc) is 2.94. The molecule has 0 aliphatic heterocycles. The molecule has 0 amide bonds. The summed E-state index contributed by atoms with van der Waals surface area (Å²) in [6.07, 6.45) is 0.967. The highest BCUT2D eigenvalue weighted by atomic mass is 35.5. The number of aryl methyl sites for hydroxylation is 1. The van der Waals surface area contributed by atoms with Gasteiger partial charge in [0.05, 0.1) is 5.52 Å². The molecule has 1 aromatic heterocycles. The fourth-order valence-corrected chi connectivity index (χ4v) is 3.77. The Labute approximate surface area is 246 Å². The number of halogens is 2. The minimum absolute atomic E-state index is 0. The topological polar surface area (TPSA) is 99.1 Å². The van der Waals surface area contributed by atoms with Crippen molar-refractivity contribution in [3.05, 3.63) is 90.1 Å². The monoisotopic (exact) mass is 588 g/mol. The number of fused-ring (bicyclic) bond motifs is 1. The number of carbonyl (C=O) groups is 1. The molecule has 0 saturated carbocycles. The third-order valence-electron chi connectivity index (χ3n) is 5.72. The number of nitrogens with one attached hydrogen (secondary N) is 1. The van der Waals surface area contributed by atoms with Crippen molar-refractivity contribution in [2.75, 3.05) is 19.7 Å². The van der Waals surface area contributed by atoms with Crippen molar-refractivity contribution >= 4 is 41.7 Å². The minimum Gasteiger partial charge on any atom is -0.491 e. The first-order valence-electron chi connectivity index (χ1n) is 12.6. The first-order valence-corrected chi connectivity index (χ1v) is 12.6. The lowest BCUT2D eigenvalue weighted by Crippen LogP contribution is -2.32. The predicted molar refractivity (Wildman–Crippen MR) is 159 cm³/mol. The van der Waals surface area contributed by atoms with E-state index in [1.807, 2.05) is 73.7 Å². The Kier molecular flexibility index (Phi) is 13.5. The van der Waals surface area contributed by atoms with E-state index in [0.29, 0.717) is 29.3 Å². The van der Waals surface area contributed by atoms with Crippen molar-refractivity contribution < 1.29 is 29.1 Å². The minimum atomic E-state index is -0.585. The number of ether oxygens (including phenoxy) is 2. The second-order valence-electron chi connectivity index (χ2n) is 8.78. The Morgan fingerprint density at radius 1 is 0.950 bits per heavy atom. The Hall–Kier alpha value is -3.56. The Bertz CT molecular complexity index is 1340. The molecule has 4 aromatic rings. The summed E-state index contributed by atoms with van der Waals surface area (Å²) in [7, 11) is 0. The van der Waals surface area contributed by atoms with Gasteiger partial charge >= 0.3 is 5.97 Å². The number of aliphatic hydroxyl groups excluding tert-OH is 1. The lowest BCUT2D eigenvalue weighted by molar-refractivity contribution is -0.210. The van der Waals surface area contributed by atoms with Crippen LogP contribution in [-0.2, 0) is 22.5 Å². The average molecular weight is 590 g/mol. The van der Waals surface area contributed by atoms with E-state index in [4.69, 9.17) is 14.4 Å². The molecule has 4 rings (SSSR count). The number of aromatic nitrogens is 1. The van der Waals surface area contributed by atoms with Gasteiger partial charge in [0, 0.05) is 36.7 Å². The molecule has 0 aliphatic rings. The van der Waals surface area contributed by atoms with E-state index >= 15 is 0 Å². The van der Waals surface area contributed by atoms with Crippen LogP contribution in [0.4, 0.5) is 0 Å². The van der Waals surface area contributed by atoms with Crippen molar-refractivity contribution in [3.63, 3.8) is 0 Å². The van der Waals surface area contributed by atoms with Gasteiger partial charge in [0.15, 0.2) is 5.75 Å².